The molecule has 0 fully saturated rings. The third-order valence-electron chi connectivity index (χ3n) is 2.25. The van der Waals surface area contributed by atoms with Gasteiger partial charge in [-0.15, -0.1) is 10.2 Å². The second kappa shape index (κ2) is 3.66. The van der Waals surface area contributed by atoms with Crippen molar-refractivity contribution in [2.75, 3.05) is 0 Å². The molecule has 0 saturated heterocycles. The lowest BCUT2D eigenvalue weighted by Gasteiger charge is -1.95. The van der Waals surface area contributed by atoms with Crippen molar-refractivity contribution in [3.8, 4) is 5.13 Å². The molecule has 3 aromatic rings. The smallest absolute Gasteiger partial charge is 0.233 e. The van der Waals surface area contributed by atoms with E-state index in [4.69, 9.17) is 5.11 Å². The molecule has 1 aromatic carbocycles. The average molecular weight is 232 g/mol. The minimum Gasteiger partial charge on any atom is -0.389 e. The number of aromatic nitrogens is 4. The number of aliphatic hydroxyl groups is 1. The maximum Gasteiger partial charge on any atom is 0.233 e. The highest BCUT2D eigenvalue weighted by Gasteiger charge is 2.09. The van der Waals surface area contributed by atoms with Gasteiger partial charge in [0.25, 0.3) is 0 Å². The summed E-state index contributed by atoms with van der Waals surface area (Å²) in [5.41, 5.74) is 0.989. The van der Waals surface area contributed by atoms with E-state index in [0.717, 1.165) is 10.9 Å². The summed E-state index contributed by atoms with van der Waals surface area (Å²) in [6, 6.07) is 7.89. The summed E-state index contributed by atoms with van der Waals surface area (Å²) in [6.45, 7) is -0.0864. The zero-order valence-electron chi connectivity index (χ0n) is 8.24. The van der Waals surface area contributed by atoms with Gasteiger partial charge in [0.05, 0.1) is 18.3 Å². The van der Waals surface area contributed by atoms with Crippen LogP contribution in [0.3, 0.4) is 0 Å². The van der Waals surface area contributed by atoms with Crippen molar-refractivity contribution in [2.45, 2.75) is 6.61 Å². The Morgan fingerprint density at radius 1 is 1.25 bits per heavy atom. The van der Waals surface area contributed by atoms with E-state index in [1.165, 1.54) is 11.3 Å². The van der Waals surface area contributed by atoms with E-state index >= 15 is 0 Å². The normalized spacial score (nSPS) is 11.1. The fraction of sp³-hybridized carbons (Fsp3) is 0.100. The SMILES string of the molecule is OCc1nnc(-n2ncc3ccccc32)s1. The molecule has 0 atom stereocenters. The molecule has 0 spiro atoms. The lowest BCUT2D eigenvalue weighted by Crippen LogP contribution is -1.94. The van der Waals surface area contributed by atoms with Gasteiger partial charge in [-0.3, -0.25) is 0 Å². The Hall–Kier alpha value is -1.79. The summed E-state index contributed by atoms with van der Waals surface area (Å²) >= 11 is 1.33. The van der Waals surface area contributed by atoms with Crippen molar-refractivity contribution in [2.24, 2.45) is 0 Å². The summed E-state index contributed by atoms with van der Waals surface area (Å²) in [5, 5.41) is 23.4. The first-order valence-corrected chi connectivity index (χ1v) is 5.56. The van der Waals surface area contributed by atoms with E-state index in [9.17, 15) is 0 Å². The van der Waals surface area contributed by atoms with E-state index in [1.54, 1.807) is 10.9 Å². The Morgan fingerprint density at radius 3 is 2.94 bits per heavy atom. The van der Waals surface area contributed by atoms with Crippen LogP contribution in [-0.4, -0.2) is 25.1 Å². The predicted octanol–water partition coefficient (Wildman–Crippen LogP) is 1.37. The molecule has 0 unspecified atom stereocenters. The van der Waals surface area contributed by atoms with E-state index in [0.29, 0.717) is 10.1 Å². The molecule has 0 aliphatic carbocycles. The monoisotopic (exact) mass is 232 g/mol. The lowest BCUT2D eigenvalue weighted by molar-refractivity contribution is 0.280. The Bertz CT molecular complexity index is 630. The van der Waals surface area contributed by atoms with Crippen LogP contribution in [0.5, 0.6) is 0 Å². The molecule has 80 valence electrons. The van der Waals surface area contributed by atoms with Gasteiger partial charge in [-0.05, 0) is 6.07 Å². The first-order valence-electron chi connectivity index (χ1n) is 4.75. The molecular weight excluding hydrogens is 224 g/mol. The van der Waals surface area contributed by atoms with E-state index in [2.05, 4.69) is 15.3 Å². The van der Waals surface area contributed by atoms with Gasteiger partial charge in [-0.25, -0.2) is 4.68 Å². The van der Waals surface area contributed by atoms with Gasteiger partial charge < -0.3 is 5.11 Å². The molecule has 1 N–H and O–H groups in total. The van der Waals surface area contributed by atoms with Crippen LogP contribution in [0.4, 0.5) is 0 Å². The number of para-hydroxylation sites is 1. The zero-order valence-corrected chi connectivity index (χ0v) is 9.05. The van der Waals surface area contributed by atoms with Crippen LogP contribution >= 0.6 is 11.3 Å². The number of hydrogen-bond donors (Lipinski definition) is 1. The van der Waals surface area contributed by atoms with Crippen LogP contribution in [0, 0.1) is 0 Å². The maximum absolute atomic E-state index is 8.94. The second-order valence-corrected chi connectivity index (χ2v) is 4.29. The van der Waals surface area contributed by atoms with Crippen molar-refractivity contribution in [1.29, 1.82) is 0 Å². The van der Waals surface area contributed by atoms with Gasteiger partial charge >= 0.3 is 0 Å². The largest absolute Gasteiger partial charge is 0.389 e. The number of aliphatic hydroxyl groups excluding tert-OH is 1. The van der Waals surface area contributed by atoms with Crippen molar-refractivity contribution < 1.29 is 5.11 Å². The van der Waals surface area contributed by atoms with E-state index in [-0.39, 0.29) is 6.61 Å². The topological polar surface area (TPSA) is 63.8 Å². The van der Waals surface area contributed by atoms with Crippen molar-refractivity contribution >= 4 is 22.2 Å². The Labute approximate surface area is 95.0 Å². The molecule has 0 aliphatic rings. The highest BCUT2D eigenvalue weighted by molar-refractivity contribution is 7.13. The van der Waals surface area contributed by atoms with Crippen LogP contribution < -0.4 is 0 Å². The summed E-state index contributed by atoms with van der Waals surface area (Å²) in [7, 11) is 0. The molecule has 16 heavy (non-hydrogen) atoms. The van der Waals surface area contributed by atoms with Gasteiger partial charge in [0.1, 0.15) is 5.01 Å². The van der Waals surface area contributed by atoms with Crippen molar-refractivity contribution in [3.63, 3.8) is 0 Å². The van der Waals surface area contributed by atoms with Gasteiger partial charge in [-0.2, -0.15) is 5.10 Å². The van der Waals surface area contributed by atoms with Crippen LogP contribution in [0.25, 0.3) is 16.0 Å². The number of benzene rings is 1. The molecule has 0 bridgehead atoms. The standard InChI is InChI=1S/C10H8N4OS/c15-6-9-12-13-10(16-9)14-8-4-2-1-3-7(8)5-11-14/h1-5,15H,6H2. The predicted molar refractivity (Wildman–Crippen MR) is 60.5 cm³/mol. The first-order chi connectivity index (χ1) is 7.88. The van der Waals surface area contributed by atoms with E-state index in [1.807, 2.05) is 24.3 Å². The number of nitrogens with zero attached hydrogens (tertiary/aromatic N) is 4. The number of rotatable bonds is 2. The minimum absolute atomic E-state index is 0.0864. The van der Waals surface area contributed by atoms with Crippen LogP contribution in [0.15, 0.2) is 30.5 Å². The summed E-state index contributed by atoms with van der Waals surface area (Å²) in [6.07, 6.45) is 1.79. The number of fused-ring (bicyclic) bond motifs is 1. The Morgan fingerprint density at radius 2 is 2.12 bits per heavy atom. The molecule has 2 heterocycles. The van der Waals surface area contributed by atoms with Crippen molar-refractivity contribution in [3.05, 3.63) is 35.5 Å². The van der Waals surface area contributed by atoms with E-state index < -0.39 is 0 Å². The second-order valence-electron chi connectivity index (χ2n) is 3.25. The summed E-state index contributed by atoms with van der Waals surface area (Å²) < 4.78 is 1.73. The van der Waals surface area contributed by atoms with Crippen LogP contribution in [0.1, 0.15) is 5.01 Å². The number of hydrogen-bond acceptors (Lipinski definition) is 5. The Balaban J connectivity index is 2.18. The highest BCUT2D eigenvalue weighted by Crippen LogP contribution is 2.20. The van der Waals surface area contributed by atoms with Gasteiger partial charge in [0, 0.05) is 5.39 Å². The zero-order chi connectivity index (χ0) is 11.0. The molecule has 3 rings (SSSR count). The molecule has 5 nitrogen and oxygen atoms in total. The minimum atomic E-state index is -0.0864. The van der Waals surface area contributed by atoms with Gasteiger partial charge in [0.15, 0.2) is 0 Å². The molecular formula is C10H8N4OS. The Kier molecular flexibility index (Phi) is 2.16. The van der Waals surface area contributed by atoms with Gasteiger partial charge in [-0.1, -0.05) is 29.5 Å². The fourth-order valence-corrected chi connectivity index (χ4v) is 2.19. The third-order valence-corrected chi connectivity index (χ3v) is 3.13. The summed E-state index contributed by atoms with van der Waals surface area (Å²) in [5.74, 6) is 0. The quantitative estimate of drug-likeness (QED) is 0.724. The van der Waals surface area contributed by atoms with Crippen LogP contribution in [0.2, 0.25) is 0 Å². The molecule has 0 amide bonds. The highest BCUT2D eigenvalue weighted by atomic mass is 32.1. The molecule has 6 heteroatoms. The van der Waals surface area contributed by atoms with Crippen LogP contribution in [-0.2, 0) is 6.61 Å². The molecule has 0 aliphatic heterocycles. The third kappa shape index (κ3) is 1.39. The fourth-order valence-electron chi connectivity index (χ4n) is 1.52. The van der Waals surface area contributed by atoms with Crippen molar-refractivity contribution in [1.82, 2.24) is 20.0 Å². The average Bonchev–Trinajstić information content (AvgIpc) is 2.94. The molecule has 0 radical (unpaired) electrons. The maximum atomic E-state index is 8.94. The first kappa shape index (κ1) is 9.44. The lowest BCUT2D eigenvalue weighted by atomic mass is 10.3. The molecule has 2 aromatic heterocycles. The summed E-state index contributed by atoms with van der Waals surface area (Å²) in [4.78, 5) is 0. The van der Waals surface area contributed by atoms with Gasteiger partial charge in [0.2, 0.25) is 5.13 Å². The molecule has 0 saturated carbocycles.